The number of hydrogen-bond acceptors (Lipinski definition) is 1. The van der Waals surface area contributed by atoms with Gasteiger partial charge in [0, 0.05) is 12.4 Å². The van der Waals surface area contributed by atoms with Crippen LogP contribution >= 0.6 is 0 Å². The lowest BCUT2D eigenvalue weighted by Gasteiger charge is -2.04. The zero-order valence-corrected chi connectivity index (χ0v) is 17.0. The Labute approximate surface area is 158 Å². The Kier molecular flexibility index (Phi) is 15.9. The number of pyridine rings is 1. The molecule has 1 rings (SSSR count). The molecule has 1 nitrogen and oxygen atoms in total. The van der Waals surface area contributed by atoms with Crippen LogP contribution in [0.3, 0.4) is 0 Å². The van der Waals surface area contributed by atoms with E-state index in [9.17, 15) is 0 Å². The van der Waals surface area contributed by atoms with E-state index in [2.05, 4.69) is 18.0 Å². The van der Waals surface area contributed by atoms with Crippen molar-refractivity contribution in [2.45, 2.75) is 122 Å². The van der Waals surface area contributed by atoms with Crippen LogP contribution in [0, 0.1) is 0 Å². The van der Waals surface area contributed by atoms with Gasteiger partial charge >= 0.3 is 0 Å². The maximum Gasteiger partial charge on any atom is 0.0299 e. The summed E-state index contributed by atoms with van der Waals surface area (Å²) in [5.74, 6) is 0. The van der Waals surface area contributed by atoms with E-state index in [-0.39, 0.29) is 0 Å². The highest BCUT2D eigenvalue weighted by Crippen LogP contribution is 2.14. The number of rotatable bonds is 18. The fourth-order valence-electron chi connectivity index (χ4n) is 3.60. The van der Waals surface area contributed by atoms with Crippen LogP contribution in [-0.4, -0.2) is 4.98 Å². The Balaban J connectivity index is 1.69. The van der Waals surface area contributed by atoms with Crippen LogP contribution in [0.25, 0.3) is 0 Å². The van der Waals surface area contributed by atoms with E-state index in [1.54, 1.807) is 0 Å². The minimum atomic E-state index is 1.20. The molecule has 0 atom stereocenters. The van der Waals surface area contributed by atoms with Crippen LogP contribution in [0.4, 0.5) is 0 Å². The van der Waals surface area contributed by atoms with E-state index >= 15 is 0 Å². The van der Waals surface area contributed by atoms with Crippen LogP contribution < -0.4 is 0 Å². The fraction of sp³-hybridized carbons (Fsp3) is 0.792. The topological polar surface area (TPSA) is 12.9 Å². The zero-order valence-electron chi connectivity index (χ0n) is 17.0. The molecule has 1 aromatic rings. The van der Waals surface area contributed by atoms with Gasteiger partial charge in [0.2, 0.25) is 0 Å². The smallest absolute Gasteiger partial charge is 0.0299 e. The van der Waals surface area contributed by atoms with E-state index < -0.39 is 0 Å². The molecule has 1 heterocycles. The first kappa shape index (κ1) is 22.2. The Morgan fingerprint density at radius 1 is 0.600 bits per heavy atom. The molecule has 0 saturated carbocycles. The molecule has 25 heavy (non-hydrogen) atoms. The maximum atomic E-state index is 4.18. The molecule has 144 valence electrons. The van der Waals surface area contributed by atoms with E-state index in [0.29, 0.717) is 0 Å². The first-order valence-electron chi connectivity index (χ1n) is 11.3. The van der Waals surface area contributed by atoms with Gasteiger partial charge in [0.05, 0.1) is 0 Å². The molecule has 0 aliphatic heterocycles. The molecule has 0 amide bonds. The first-order chi connectivity index (χ1) is 12.4. The highest BCUT2D eigenvalue weighted by atomic mass is 14.6. The summed E-state index contributed by atoms with van der Waals surface area (Å²) < 4.78 is 0. The summed E-state index contributed by atoms with van der Waals surface area (Å²) in [6.45, 7) is 2.30. The lowest BCUT2D eigenvalue weighted by molar-refractivity contribution is 0.527. The Morgan fingerprint density at radius 2 is 1.04 bits per heavy atom. The summed E-state index contributed by atoms with van der Waals surface area (Å²) >= 11 is 0. The average molecular weight is 346 g/mol. The highest BCUT2D eigenvalue weighted by Gasteiger charge is 1.96. The quantitative estimate of drug-likeness (QED) is 0.244. The second-order valence-corrected chi connectivity index (χ2v) is 7.77. The van der Waals surface area contributed by atoms with Gasteiger partial charge in [-0.05, 0) is 24.5 Å². The summed E-state index contributed by atoms with van der Waals surface area (Å²) in [6, 6.07) is 4.24. The molecule has 0 N–H and O–H groups in total. The van der Waals surface area contributed by atoms with Crippen LogP contribution in [0.5, 0.6) is 0 Å². The SMILES string of the molecule is CCCCCCCCCCCCCCCCCCCc1cccnc1. The van der Waals surface area contributed by atoms with Crippen molar-refractivity contribution >= 4 is 0 Å². The molecule has 0 spiro atoms. The molecule has 0 saturated heterocycles. The van der Waals surface area contributed by atoms with Crippen molar-refractivity contribution in [1.29, 1.82) is 0 Å². The van der Waals surface area contributed by atoms with Crippen molar-refractivity contribution in [3.63, 3.8) is 0 Å². The van der Waals surface area contributed by atoms with Gasteiger partial charge in [0.25, 0.3) is 0 Å². The predicted molar refractivity (Wildman–Crippen MR) is 112 cm³/mol. The van der Waals surface area contributed by atoms with Crippen LogP contribution in [-0.2, 0) is 6.42 Å². The monoisotopic (exact) mass is 345 g/mol. The van der Waals surface area contributed by atoms with Crippen molar-refractivity contribution in [1.82, 2.24) is 4.98 Å². The minimum Gasteiger partial charge on any atom is -0.264 e. The summed E-state index contributed by atoms with van der Waals surface area (Å²) in [5.41, 5.74) is 1.39. The van der Waals surface area contributed by atoms with Gasteiger partial charge in [-0.25, -0.2) is 0 Å². The minimum absolute atomic E-state index is 1.20. The van der Waals surface area contributed by atoms with Gasteiger partial charge in [-0.2, -0.15) is 0 Å². The van der Waals surface area contributed by atoms with Crippen molar-refractivity contribution in [2.75, 3.05) is 0 Å². The van der Waals surface area contributed by atoms with Gasteiger partial charge in [0.1, 0.15) is 0 Å². The predicted octanol–water partition coefficient (Wildman–Crippen LogP) is 8.28. The van der Waals surface area contributed by atoms with E-state index in [4.69, 9.17) is 0 Å². The molecule has 0 radical (unpaired) electrons. The summed E-state index contributed by atoms with van der Waals surface area (Å²) in [4.78, 5) is 4.18. The summed E-state index contributed by atoms with van der Waals surface area (Å²) in [7, 11) is 0. The van der Waals surface area contributed by atoms with Crippen molar-refractivity contribution in [3.05, 3.63) is 30.1 Å². The van der Waals surface area contributed by atoms with E-state index in [1.807, 2.05) is 18.5 Å². The van der Waals surface area contributed by atoms with E-state index in [0.717, 1.165) is 0 Å². The highest BCUT2D eigenvalue weighted by molar-refractivity contribution is 5.08. The van der Waals surface area contributed by atoms with Crippen molar-refractivity contribution in [3.8, 4) is 0 Å². The molecular formula is C24H43N. The molecule has 0 aromatic carbocycles. The first-order valence-corrected chi connectivity index (χ1v) is 11.3. The molecular weight excluding hydrogens is 302 g/mol. The Morgan fingerprint density at radius 3 is 1.44 bits per heavy atom. The molecule has 0 aliphatic rings. The third kappa shape index (κ3) is 15.1. The van der Waals surface area contributed by atoms with Gasteiger partial charge in [-0.15, -0.1) is 0 Å². The molecule has 0 fully saturated rings. The third-order valence-electron chi connectivity index (χ3n) is 5.29. The standard InChI is InChI=1S/C24H43N/c1-2-3-4-5-6-7-8-9-10-11-12-13-14-15-16-17-18-20-24-21-19-22-25-23-24/h19,21-23H,2-18,20H2,1H3. The Bertz CT molecular complexity index is 360. The lowest BCUT2D eigenvalue weighted by Crippen LogP contribution is -1.87. The zero-order chi connectivity index (χ0) is 17.8. The van der Waals surface area contributed by atoms with Crippen LogP contribution in [0.2, 0.25) is 0 Å². The molecule has 0 aliphatic carbocycles. The average Bonchev–Trinajstić information content (AvgIpc) is 2.65. The second-order valence-electron chi connectivity index (χ2n) is 7.77. The van der Waals surface area contributed by atoms with Gasteiger partial charge in [-0.3, -0.25) is 4.98 Å². The number of nitrogens with zero attached hydrogens (tertiary/aromatic N) is 1. The normalized spacial score (nSPS) is 11.1. The fourth-order valence-corrected chi connectivity index (χ4v) is 3.60. The Hall–Kier alpha value is -0.850. The second kappa shape index (κ2) is 18.0. The molecule has 1 aromatic heterocycles. The van der Waals surface area contributed by atoms with Gasteiger partial charge in [0.15, 0.2) is 0 Å². The number of aromatic nitrogens is 1. The third-order valence-corrected chi connectivity index (χ3v) is 5.29. The summed E-state index contributed by atoms with van der Waals surface area (Å²) in [6.07, 6.45) is 29.6. The van der Waals surface area contributed by atoms with Gasteiger partial charge in [-0.1, -0.05) is 116 Å². The summed E-state index contributed by atoms with van der Waals surface area (Å²) in [5, 5.41) is 0. The molecule has 0 unspecified atom stereocenters. The van der Waals surface area contributed by atoms with E-state index in [1.165, 1.54) is 121 Å². The van der Waals surface area contributed by atoms with Crippen molar-refractivity contribution < 1.29 is 0 Å². The largest absolute Gasteiger partial charge is 0.264 e. The van der Waals surface area contributed by atoms with Gasteiger partial charge < -0.3 is 0 Å². The molecule has 1 heteroatoms. The number of hydrogen-bond donors (Lipinski definition) is 0. The number of unbranched alkanes of at least 4 members (excludes halogenated alkanes) is 16. The number of aryl methyl sites for hydroxylation is 1. The molecule has 0 bridgehead atoms. The lowest BCUT2D eigenvalue weighted by atomic mass is 10.0. The van der Waals surface area contributed by atoms with Crippen molar-refractivity contribution in [2.24, 2.45) is 0 Å². The maximum absolute atomic E-state index is 4.18. The van der Waals surface area contributed by atoms with Crippen LogP contribution in [0.15, 0.2) is 24.5 Å². The van der Waals surface area contributed by atoms with Crippen LogP contribution in [0.1, 0.15) is 122 Å².